The van der Waals surface area contributed by atoms with Gasteiger partial charge in [0.05, 0.1) is 17.9 Å². The van der Waals surface area contributed by atoms with Crippen molar-refractivity contribution in [1.82, 2.24) is 4.90 Å². The van der Waals surface area contributed by atoms with Crippen molar-refractivity contribution >= 4 is 37.5 Å². The molecule has 0 aliphatic heterocycles. The summed E-state index contributed by atoms with van der Waals surface area (Å²) in [6.45, 7) is 0.641. The average molecular weight is 499 g/mol. The largest absolute Gasteiger partial charge is 0.507 e. The summed E-state index contributed by atoms with van der Waals surface area (Å²) in [7, 11) is -1.12. The molecule has 0 bridgehead atoms. The second kappa shape index (κ2) is 8.83. The molecule has 1 aliphatic carbocycles. The van der Waals surface area contributed by atoms with Crippen LogP contribution in [0.4, 0.5) is 5.69 Å². The van der Waals surface area contributed by atoms with Crippen LogP contribution in [0.5, 0.6) is 11.5 Å². The zero-order valence-electron chi connectivity index (χ0n) is 16.6. The summed E-state index contributed by atoms with van der Waals surface area (Å²) < 4.78 is 33.5. The van der Waals surface area contributed by atoms with E-state index in [1.807, 2.05) is 0 Å². The smallest absolute Gasteiger partial charge is 0.265 e. The van der Waals surface area contributed by atoms with E-state index in [9.17, 15) is 23.4 Å². The van der Waals surface area contributed by atoms with Crippen molar-refractivity contribution in [3.8, 4) is 11.5 Å². The lowest BCUT2D eigenvalue weighted by Gasteiger charge is -2.20. The number of nitrogens with one attached hydrogen (secondary N) is 1. The number of phenolic OH excluding ortho intramolecular Hbond substituents is 2. The van der Waals surface area contributed by atoms with E-state index in [0.29, 0.717) is 17.6 Å². The summed E-state index contributed by atoms with van der Waals surface area (Å²) in [5, 5.41) is 20.7. The lowest BCUT2D eigenvalue weighted by atomic mass is 10.0. The first-order valence-corrected chi connectivity index (χ1v) is 11.5. The molecule has 2 aromatic rings. The topological polar surface area (TPSA) is 116 Å². The van der Waals surface area contributed by atoms with Crippen molar-refractivity contribution in [3.63, 3.8) is 0 Å². The number of carbonyl (C=O) groups is 1. The van der Waals surface area contributed by atoms with Gasteiger partial charge in [-0.2, -0.15) is 0 Å². The predicted molar refractivity (Wildman–Crippen MR) is 116 cm³/mol. The van der Waals surface area contributed by atoms with Crippen LogP contribution in [-0.2, 0) is 14.8 Å². The molecule has 0 heterocycles. The van der Waals surface area contributed by atoms with E-state index in [4.69, 9.17) is 4.74 Å². The molecular weight excluding hydrogens is 476 g/mol. The highest BCUT2D eigenvalue weighted by Gasteiger charge is 2.29. The predicted octanol–water partition coefficient (Wildman–Crippen LogP) is 3.26. The van der Waals surface area contributed by atoms with Crippen molar-refractivity contribution in [2.75, 3.05) is 32.0 Å². The van der Waals surface area contributed by atoms with E-state index < -0.39 is 27.4 Å². The second-order valence-corrected chi connectivity index (χ2v) is 9.74. The molecule has 8 nitrogen and oxygen atoms in total. The Bertz CT molecular complexity index is 1070. The normalized spacial score (nSPS) is 13.8. The molecule has 0 aromatic heterocycles. The Morgan fingerprint density at radius 2 is 1.97 bits per heavy atom. The fourth-order valence-corrected chi connectivity index (χ4v) is 4.68. The van der Waals surface area contributed by atoms with Gasteiger partial charge in [0.25, 0.3) is 15.9 Å². The SMILES string of the molecule is COCCN(C)C(=O)c1cc(C2CC2)cc(NS(=O)(=O)c2cc(Br)ccc2O)c1O. The van der Waals surface area contributed by atoms with Gasteiger partial charge in [0, 0.05) is 25.2 Å². The molecule has 0 unspecified atom stereocenters. The molecule has 30 heavy (non-hydrogen) atoms. The molecule has 10 heteroatoms. The van der Waals surface area contributed by atoms with Crippen LogP contribution in [-0.4, -0.2) is 56.7 Å². The summed E-state index contributed by atoms with van der Waals surface area (Å²) in [5.41, 5.74) is 0.670. The number of phenols is 2. The van der Waals surface area contributed by atoms with E-state index >= 15 is 0 Å². The summed E-state index contributed by atoms with van der Waals surface area (Å²) in [6, 6.07) is 7.15. The molecule has 1 saturated carbocycles. The van der Waals surface area contributed by atoms with Gasteiger partial charge in [-0.25, -0.2) is 8.42 Å². The minimum absolute atomic E-state index is 0.00849. The van der Waals surface area contributed by atoms with Gasteiger partial charge in [-0.15, -0.1) is 0 Å². The van der Waals surface area contributed by atoms with Gasteiger partial charge in [-0.3, -0.25) is 9.52 Å². The third-order valence-corrected chi connectivity index (χ3v) is 6.73. The molecular formula is C20H23BrN2O6S. The Kier molecular flexibility index (Phi) is 6.59. The van der Waals surface area contributed by atoms with E-state index in [0.717, 1.165) is 18.4 Å². The number of likely N-dealkylation sites (N-methyl/N-ethyl adjacent to an activating group) is 1. The number of hydrogen-bond acceptors (Lipinski definition) is 6. The Balaban J connectivity index is 2.01. The highest BCUT2D eigenvalue weighted by atomic mass is 79.9. The molecule has 3 rings (SSSR count). The van der Waals surface area contributed by atoms with E-state index in [1.165, 1.54) is 36.3 Å². The van der Waals surface area contributed by atoms with E-state index in [2.05, 4.69) is 20.7 Å². The Morgan fingerprint density at radius 3 is 2.60 bits per heavy atom. The van der Waals surface area contributed by atoms with Gasteiger partial charge in [-0.05, 0) is 54.7 Å². The highest BCUT2D eigenvalue weighted by molar-refractivity contribution is 9.10. The molecule has 0 radical (unpaired) electrons. The first-order valence-electron chi connectivity index (χ1n) is 9.26. The monoisotopic (exact) mass is 498 g/mol. The summed E-state index contributed by atoms with van der Waals surface area (Å²) in [5.74, 6) is -1.13. The maximum absolute atomic E-state index is 12.9. The van der Waals surface area contributed by atoms with E-state index in [1.54, 1.807) is 13.1 Å². The standard InChI is InChI=1S/C20H23BrN2O6S/c1-23(7-8-29-2)20(26)15-9-13(12-3-4-12)10-16(19(15)25)22-30(27,28)18-11-14(21)5-6-17(18)24/h5-6,9-12,22,24-25H,3-4,7-8H2,1-2H3. The van der Waals surface area contributed by atoms with Crippen LogP contribution < -0.4 is 4.72 Å². The van der Waals surface area contributed by atoms with Gasteiger partial charge in [0.1, 0.15) is 10.6 Å². The van der Waals surface area contributed by atoms with Crippen LogP contribution in [0.3, 0.4) is 0 Å². The van der Waals surface area contributed by atoms with Crippen molar-refractivity contribution < 1.29 is 28.2 Å². The number of ether oxygens (including phenoxy) is 1. The minimum Gasteiger partial charge on any atom is -0.507 e. The number of rotatable bonds is 8. The number of methoxy groups -OCH3 is 1. The molecule has 3 N–H and O–H groups in total. The van der Waals surface area contributed by atoms with Crippen molar-refractivity contribution in [3.05, 3.63) is 45.9 Å². The quantitative estimate of drug-likeness (QED) is 0.481. The molecule has 162 valence electrons. The second-order valence-electron chi connectivity index (χ2n) is 7.18. The number of amides is 1. The summed E-state index contributed by atoms with van der Waals surface area (Å²) in [4.78, 5) is 13.9. The Labute approximate surface area is 183 Å². The van der Waals surface area contributed by atoms with E-state index in [-0.39, 0.29) is 22.1 Å². The Morgan fingerprint density at radius 1 is 1.27 bits per heavy atom. The number of benzene rings is 2. The number of halogens is 1. The van der Waals surface area contributed by atoms with Crippen LogP contribution in [0.1, 0.15) is 34.7 Å². The lowest BCUT2D eigenvalue weighted by molar-refractivity contribution is 0.0741. The van der Waals surface area contributed by atoms with Gasteiger partial charge < -0.3 is 19.8 Å². The van der Waals surface area contributed by atoms with Crippen molar-refractivity contribution in [2.24, 2.45) is 0 Å². The molecule has 0 spiro atoms. The molecule has 1 aliphatic rings. The first kappa shape index (κ1) is 22.4. The fraction of sp³-hybridized carbons (Fsp3) is 0.350. The van der Waals surface area contributed by atoms with Crippen LogP contribution in [0.2, 0.25) is 0 Å². The maximum Gasteiger partial charge on any atom is 0.265 e. The number of nitrogens with zero attached hydrogens (tertiary/aromatic N) is 1. The number of anilines is 1. The average Bonchev–Trinajstić information content (AvgIpc) is 3.54. The third kappa shape index (κ3) is 4.88. The maximum atomic E-state index is 12.9. The van der Waals surface area contributed by atoms with Gasteiger partial charge in [-0.1, -0.05) is 15.9 Å². The fourth-order valence-electron chi connectivity index (χ4n) is 2.99. The van der Waals surface area contributed by atoms with Crippen LogP contribution in [0.15, 0.2) is 39.7 Å². The first-order chi connectivity index (χ1) is 14.1. The number of sulfonamides is 1. The summed E-state index contributed by atoms with van der Waals surface area (Å²) in [6.07, 6.45) is 1.85. The molecule has 2 aromatic carbocycles. The minimum atomic E-state index is -4.22. The van der Waals surface area contributed by atoms with Crippen LogP contribution in [0.25, 0.3) is 0 Å². The molecule has 0 atom stereocenters. The molecule has 0 saturated heterocycles. The van der Waals surface area contributed by atoms with Gasteiger partial charge >= 0.3 is 0 Å². The zero-order valence-corrected chi connectivity index (χ0v) is 19.0. The Hall–Kier alpha value is -2.30. The van der Waals surface area contributed by atoms with Crippen molar-refractivity contribution in [2.45, 2.75) is 23.7 Å². The highest BCUT2D eigenvalue weighted by Crippen LogP contribution is 2.44. The van der Waals surface area contributed by atoms with Crippen LogP contribution in [0, 0.1) is 0 Å². The van der Waals surface area contributed by atoms with Gasteiger partial charge in [0.2, 0.25) is 0 Å². The molecule has 1 fully saturated rings. The summed E-state index contributed by atoms with van der Waals surface area (Å²) >= 11 is 3.18. The lowest BCUT2D eigenvalue weighted by Crippen LogP contribution is -2.30. The van der Waals surface area contributed by atoms with Crippen LogP contribution >= 0.6 is 15.9 Å². The molecule has 1 amide bonds. The number of hydrogen-bond donors (Lipinski definition) is 3. The number of carbonyl (C=O) groups excluding carboxylic acids is 1. The zero-order chi connectivity index (χ0) is 22.1. The number of aromatic hydroxyl groups is 2. The third-order valence-electron chi connectivity index (χ3n) is 4.84. The van der Waals surface area contributed by atoms with Crippen molar-refractivity contribution in [1.29, 1.82) is 0 Å². The van der Waals surface area contributed by atoms with Gasteiger partial charge in [0.15, 0.2) is 5.75 Å².